The lowest BCUT2D eigenvalue weighted by Gasteiger charge is -2.29. The molecule has 0 saturated heterocycles. The molecule has 18 heavy (non-hydrogen) atoms. The topological polar surface area (TPSA) is 122 Å². The van der Waals surface area contributed by atoms with Crippen LogP contribution in [0.5, 0.6) is 0 Å². The first kappa shape index (κ1) is 16.3. The average Bonchev–Trinajstić information content (AvgIpc) is 2.40. The molecule has 0 saturated carbocycles. The largest absolute Gasteiger partial charge is 0.344 e. The highest BCUT2D eigenvalue weighted by atomic mass is 14.8. The number of nitrogens with two attached hydrogens (primary N) is 2. The van der Waals surface area contributed by atoms with E-state index in [1.54, 1.807) is 0 Å². The predicted octanol–water partition coefficient (Wildman–Crippen LogP) is 2.17. The van der Waals surface area contributed by atoms with Crippen molar-refractivity contribution >= 4 is 0 Å². The Morgan fingerprint density at radius 2 is 1.06 bits per heavy atom. The van der Waals surface area contributed by atoms with E-state index in [1.807, 2.05) is 60.7 Å². The second kappa shape index (κ2) is 6.88. The van der Waals surface area contributed by atoms with Gasteiger partial charge in [-0.1, -0.05) is 60.7 Å². The van der Waals surface area contributed by atoms with Crippen LogP contribution in [0, 0.1) is 0 Å². The van der Waals surface area contributed by atoms with Crippen LogP contribution in [0.3, 0.4) is 0 Å². The van der Waals surface area contributed by atoms with Crippen LogP contribution in [0.2, 0.25) is 0 Å². The van der Waals surface area contributed by atoms with E-state index in [9.17, 15) is 0 Å². The smallest absolute Gasteiger partial charge is 0.0789 e. The molecule has 0 heterocycles. The van der Waals surface area contributed by atoms with E-state index >= 15 is 0 Å². The maximum atomic E-state index is 6.41. The van der Waals surface area contributed by atoms with E-state index in [2.05, 4.69) is 0 Å². The Bertz CT molecular complexity index is 402. The van der Waals surface area contributed by atoms with Crippen LogP contribution in [0.25, 0.3) is 0 Å². The van der Waals surface area contributed by atoms with Gasteiger partial charge in [0.05, 0.1) is 5.54 Å². The summed E-state index contributed by atoms with van der Waals surface area (Å²) in [7, 11) is 0. The highest BCUT2D eigenvalue weighted by molar-refractivity contribution is 5.38. The average molecular weight is 246 g/mol. The Balaban J connectivity index is 0.00000144. The molecule has 0 aliphatic carbocycles. The highest BCUT2D eigenvalue weighted by Gasteiger charge is 2.27. The van der Waals surface area contributed by atoms with Gasteiger partial charge in [-0.2, -0.15) is 0 Å². The molecule has 0 aliphatic heterocycles. The molecule has 4 heteroatoms. The van der Waals surface area contributed by atoms with Gasteiger partial charge in [0.1, 0.15) is 0 Å². The molecule has 2 aromatic carbocycles. The molecule has 0 unspecified atom stereocenters. The summed E-state index contributed by atoms with van der Waals surface area (Å²) in [4.78, 5) is 0. The lowest BCUT2D eigenvalue weighted by Crippen LogP contribution is -2.45. The molecule has 10 N–H and O–H groups in total. The summed E-state index contributed by atoms with van der Waals surface area (Å²) in [6.45, 7) is 0.390. The number of hydrogen-bond acceptors (Lipinski definition) is 4. The van der Waals surface area contributed by atoms with Gasteiger partial charge in [0.25, 0.3) is 0 Å². The molecule has 0 aromatic heterocycles. The normalized spacial score (nSPS) is 10.1. The van der Waals surface area contributed by atoms with Crippen LogP contribution in [-0.2, 0) is 5.54 Å². The summed E-state index contributed by atoms with van der Waals surface area (Å²) in [5, 5.41) is 0. The molecule has 0 amide bonds. The Kier molecular flexibility index (Phi) is 6.22. The van der Waals surface area contributed by atoms with Crippen molar-refractivity contribution in [1.29, 1.82) is 0 Å². The van der Waals surface area contributed by atoms with E-state index < -0.39 is 5.54 Å². The van der Waals surface area contributed by atoms with Crippen LogP contribution in [0.4, 0.5) is 0 Å². The zero-order valence-electron chi connectivity index (χ0n) is 10.5. The first-order chi connectivity index (χ1) is 7.77. The minimum atomic E-state index is -0.595. The van der Waals surface area contributed by atoms with Crippen LogP contribution in [-0.4, -0.2) is 6.54 Å². The molecule has 4 nitrogen and oxygen atoms in total. The molecule has 98 valence electrons. The van der Waals surface area contributed by atoms with Gasteiger partial charge in [0, 0.05) is 6.54 Å². The second-order valence-corrected chi connectivity index (χ2v) is 3.91. The monoisotopic (exact) mass is 246 g/mol. The molecular formula is C14H22N4. The van der Waals surface area contributed by atoms with Crippen molar-refractivity contribution in [1.82, 2.24) is 12.3 Å². The lowest BCUT2D eigenvalue weighted by atomic mass is 9.84. The third-order valence-electron chi connectivity index (χ3n) is 2.90. The van der Waals surface area contributed by atoms with E-state index in [-0.39, 0.29) is 12.3 Å². The second-order valence-electron chi connectivity index (χ2n) is 3.91. The summed E-state index contributed by atoms with van der Waals surface area (Å²) in [6.07, 6.45) is 0. The summed E-state index contributed by atoms with van der Waals surface area (Å²) in [6, 6.07) is 19.9. The van der Waals surface area contributed by atoms with E-state index in [4.69, 9.17) is 11.5 Å². The van der Waals surface area contributed by atoms with Gasteiger partial charge >= 0.3 is 0 Å². The van der Waals surface area contributed by atoms with Crippen molar-refractivity contribution in [3.63, 3.8) is 0 Å². The molecule has 0 radical (unpaired) electrons. The first-order valence-electron chi connectivity index (χ1n) is 5.37. The van der Waals surface area contributed by atoms with Crippen LogP contribution < -0.4 is 23.8 Å². The summed E-state index contributed by atoms with van der Waals surface area (Å²) in [5.74, 6) is 0. The maximum absolute atomic E-state index is 6.41. The summed E-state index contributed by atoms with van der Waals surface area (Å²) < 4.78 is 0. The van der Waals surface area contributed by atoms with Gasteiger partial charge in [0.15, 0.2) is 0 Å². The summed E-state index contributed by atoms with van der Waals surface area (Å²) >= 11 is 0. The van der Waals surface area contributed by atoms with Gasteiger partial charge in [-0.25, -0.2) is 0 Å². The van der Waals surface area contributed by atoms with Crippen LogP contribution in [0.15, 0.2) is 60.7 Å². The van der Waals surface area contributed by atoms with Crippen LogP contribution in [0.1, 0.15) is 11.1 Å². The fraction of sp³-hybridized carbons (Fsp3) is 0.143. The zero-order valence-corrected chi connectivity index (χ0v) is 10.5. The molecule has 0 atom stereocenters. The molecular weight excluding hydrogens is 224 g/mol. The fourth-order valence-corrected chi connectivity index (χ4v) is 1.87. The lowest BCUT2D eigenvalue weighted by molar-refractivity contribution is 0.551. The Hall–Kier alpha value is -1.72. The third-order valence-corrected chi connectivity index (χ3v) is 2.90. The Labute approximate surface area is 108 Å². The number of rotatable bonds is 3. The molecule has 0 fully saturated rings. The minimum absolute atomic E-state index is 0. The number of benzene rings is 2. The molecule has 0 spiro atoms. The molecule has 2 rings (SSSR count). The van der Waals surface area contributed by atoms with Crippen LogP contribution >= 0.6 is 0 Å². The van der Waals surface area contributed by atoms with Crippen molar-refractivity contribution in [3.8, 4) is 0 Å². The third kappa shape index (κ3) is 2.94. The molecule has 2 aromatic rings. The van der Waals surface area contributed by atoms with Gasteiger partial charge < -0.3 is 23.8 Å². The molecule has 0 bridgehead atoms. The zero-order chi connectivity index (χ0) is 11.4. The van der Waals surface area contributed by atoms with Crippen molar-refractivity contribution in [2.24, 2.45) is 11.5 Å². The predicted molar refractivity (Wildman–Crippen MR) is 77.0 cm³/mol. The Morgan fingerprint density at radius 3 is 1.33 bits per heavy atom. The minimum Gasteiger partial charge on any atom is -0.344 e. The quantitative estimate of drug-likeness (QED) is 0.662. The fourth-order valence-electron chi connectivity index (χ4n) is 1.87. The summed E-state index contributed by atoms with van der Waals surface area (Å²) in [5.41, 5.74) is 13.8. The highest BCUT2D eigenvalue weighted by Crippen LogP contribution is 2.25. The molecule has 0 aliphatic rings. The maximum Gasteiger partial charge on any atom is 0.0789 e. The van der Waals surface area contributed by atoms with Gasteiger partial charge in [-0.15, -0.1) is 0 Å². The number of hydrogen-bond donors (Lipinski definition) is 4. The van der Waals surface area contributed by atoms with E-state index in [0.717, 1.165) is 11.1 Å². The van der Waals surface area contributed by atoms with Gasteiger partial charge in [0.2, 0.25) is 0 Å². The van der Waals surface area contributed by atoms with Crippen molar-refractivity contribution in [3.05, 3.63) is 71.8 Å². The first-order valence-corrected chi connectivity index (χ1v) is 5.37. The van der Waals surface area contributed by atoms with E-state index in [0.29, 0.717) is 6.54 Å². The van der Waals surface area contributed by atoms with Crippen molar-refractivity contribution < 1.29 is 0 Å². The van der Waals surface area contributed by atoms with Crippen molar-refractivity contribution in [2.45, 2.75) is 5.54 Å². The van der Waals surface area contributed by atoms with Crippen molar-refractivity contribution in [2.75, 3.05) is 6.54 Å². The standard InChI is InChI=1S/C14H16N2.2H3N/c15-11-14(16,12-7-3-1-4-8-12)13-9-5-2-6-10-13;;/h1-10H,11,15-16H2;2*1H3. The van der Waals surface area contributed by atoms with E-state index in [1.165, 1.54) is 0 Å². The van der Waals surface area contributed by atoms with Gasteiger partial charge in [-0.3, -0.25) is 0 Å². The Morgan fingerprint density at radius 1 is 0.722 bits per heavy atom. The SMILES string of the molecule is N.N.NCC(N)(c1ccccc1)c1ccccc1. The van der Waals surface area contributed by atoms with Gasteiger partial charge in [-0.05, 0) is 11.1 Å².